The Morgan fingerprint density at radius 1 is 1.18 bits per heavy atom. The molecule has 6 nitrogen and oxygen atoms in total. The number of carbonyl (C=O) groups is 2. The van der Waals surface area contributed by atoms with Gasteiger partial charge in [0.25, 0.3) is 5.91 Å². The number of rotatable bonds is 5. The summed E-state index contributed by atoms with van der Waals surface area (Å²) in [6.07, 6.45) is 4.07. The Hall–Kier alpha value is -1.89. The third kappa shape index (κ3) is 3.85. The van der Waals surface area contributed by atoms with Crippen LogP contribution in [-0.4, -0.2) is 37.2 Å². The van der Waals surface area contributed by atoms with Gasteiger partial charge < -0.3 is 10.4 Å². The summed E-state index contributed by atoms with van der Waals surface area (Å²) in [5, 5.41) is 11.9. The number of aliphatic carboxylic acids is 1. The molecule has 0 aliphatic heterocycles. The Morgan fingerprint density at radius 3 is 2.18 bits per heavy atom. The summed E-state index contributed by atoms with van der Waals surface area (Å²) in [5.74, 6) is -1.31. The Bertz CT molecular complexity index is 672. The monoisotopic (exact) mass is 325 g/mol. The van der Waals surface area contributed by atoms with Gasteiger partial charge in [0.15, 0.2) is 9.84 Å². The van der Waals surface area contributed by atoms with Crippen LogP contribution < -0.4 is 5.32 Å². The fraction of sp³-hybridized carbons (Fsp3) is 0.467. The lowest BCUT2D eigenvalue weighted by Crippen LogP contribution is -2.47. The van der Waals surface area contributed by atoms with Gasteiger partial charge in [-0.05, 0) is 37.1 Å². The number of carboxylic acids is 1. The summed E-state index contributed by atoms with van der Waals surface area (Å²) in [5.41, 5.74) is -0.373. The molecule has 1 amide bonds. The van der Waals surface area contributed by atoms with E-state index in [1.54, 1.807) is 0 Å². The molecule has 0 aromatic heterocycles. The first-order valence-corrected chi connectivity index (χ1v) is 8.95. The van der Waals surface area contributed by atoms with E-state index in [2.05, 4.69) is 5.32 Å². The molecule has 0 atom stereocenters. The molecule has 1 aromatic carbocycles. The highest BCUT2D eigenvalue weighted by Gasteiger charge is 2.37. The molecule has 1 aliphatic carbocycles. The van der Waals surface area contributed by atoms with Crippen molar-refractivity contribution in [3.8, 4) is 0 Å². The van der Waals surface area contributed by atoms with Crippen LogP contribution >= 0.6 is 0 Å². The summed E-state index contributed by atoms with van der Waals surface area (Å²) in [6, 6.07) is 5.63. The summed E-state index contributed by atoms with van der Waals surface area (Å²) >= 11 is 0. The molecular weight excluding hydrogens is 306 g/mol. The number of benzene rings is 1. The topological polar surface area (TPSA) is 101 Å². The third-order valence-corrected chi connectivity index (χ3v) is 5.10. The number of hydrogen-bond acceptors (Lipinski definition) is 4. The van der Waals surface area contributed by atoms with Gasteiger partial charge in [0, 0.05) is 11.8 Å². The molecule has 1 saturated carbocycles. The van der Waals surface area contributed by atoms with Crippen molar-refractivity contribution < 1.29 is 23.1 Å². The molecule has 2 N–H and O–H groups in total. The van der Waals surface area contributed by atoms with Crippen LogP contribution in [-0.2, 0) is 14.6 Å². The van der Waals surface area contributed by atoms with Crippen molar-refractivity contribution in [1.29, 1.82) is 0 Å². The standard InChI is InChI=1S/C15H19NO5S/c1-22(20,21)12-6-4-11(5-7-12)14(19)16-15(10-13(17)18)8-2-3-9-15/h4-7H,2-3,8-10H2,1H3,(H,16,19)(H,17,18). The molecule has 0 radical (unpaired) electrons. The molecule has 0 saturated heterocycles. The normalized spacial score (nSPS) is 17.1. The minimum Gasteiger partial charge on any atom is -0.481 e. The molecule has 2 rings (SSSR count). The lowest BCUT2D eigenvalue weighted by molar-refractivity contribution is -0.138. The first-order valence-electron chi connectivity index (χ1n) is 7.06. The zero-order chi connectivity index (χ0) is 16.4. The predicted octanol–water partition coefficient (Wildman–Crippen LogP) is 1.61. The molecule has 1 aromatic rings. The molecule has 1 fully saturated rings. The third-order valence-electron chi connectivity index (χ3n) is 3.97. The van der Waals surface area contributed by atoms with E-state index in [0.29, 0.717) is 18.4 Å². The van der Waals surface area contributed by atoms with Crippen molar-refractivity contribution in [1.82, 2.24) is 5.32 Å². The summed E-state index contributed by atoms with van der Waals surface area (Å²) in [4.78, 5) is 23.5. The van der Waals surface area contributed by atoms with E-state index in [9.17, 15) is 18.0 Å². The maximum absolute atomic E-state index is 12.3. The summed E-state index contributed by atoms with van der Waals surface area (Å²) in [7, 11) is -3.31. The van der Waals surface area contributed by atoms with Crippen molar-refractivity contribution in [2.45, 2.75) is 42.5 Å². The maximum Gasteiger partial charge on any atom is 0.305 e. The van der Waals surface area contributed by atoms with Gasteiger partial charge in [-0.1, -0.05) is 12.8 Å². The van der Waals surface area contributed by atoms with E-state index in [1.165, 1.54) is 24.3 Å². The highest BCUT2D eigenvalue weighted by Crippen LogP contribution is 2.33. The first-order chi connectivity index (χ1) is 10.2. The lowest BCUT2D eigenvalue weighted by Gasteiger charge is -2.28. The van der Waals surface area contributed by atoms with E-state index in [4.69, 9.17) is 5.11 Å². The van der Waals surface area contributed by atoms with E-state index in [1.807, 2.05) is 0 Å². The molecule has 7 heteroatoms. The van der Waals surface area contributed by atoms with Crippen LogP contribution in [0.15, 0.2) is 29.2 Å². The number of sulfone groups is 1. The minimum atomic E-state index is -3.31. The second-order valence-corrected chi connectivity index (χ2v) is 7.82. The smallest absolute Gasteiger partial charge is 0.305 e. The number of hydrogen-bond donors (Lipinski definition) is 2. The molecule has 0 unspecified atom stereocenters. The number of carboxylic acid groups (broad SMARTS) is 1. The van der Waals surface area contributed by atoms with E-state index >= 15 is 0 Å². The first kappa shape index (κ1) is 16.5. The number of nitrogens with one attached hydrogen (secondary N) is 1. The zero-order valence-corrected chi connectivity index (χ0v) is 13.1. The van der Waals surface area contributed by atoms with Crippen molar-refractivity contribution in [2.24, 2.45) is 0 Å². The van der Waals surface area contributed by atoms with Gasteiger partial charge in [0.2, 0.25) is 0 Å². The second-order valence-electron chi connectivity index (χ2n) is 5.81. The maximum atomic E-state index is 12.3. The minimum absolute atomic E-state index is 0.0971. The van der Waals surface area contributed by atoms with Crippen molar-refractivity contribution >= 4 is 21.7 Å². The van der Waals surface area contributed by atoms with Crippen LogP contribution in [0.5, 0.6) is 0 Å². The molecule has 0 bridgehead atoms. The molecule has 0 spiro atoms. The fourth-order valence-corrected chi connectivity index (χ4v) is 3.48. The molecular formula is C15H19NO5S. The Morgan fingerprint density at radius 2 is 1.73 bits per heavy atom. The molecule has 22 heavy (non-hydrogen) atoms. The van der Waals surface area contributed by atoms with Crippen LogP contribution in [0, 0.1) is 0 Å². The van der Waals surface area contributed by atoms with Crippen molar-refractivity contribution in [3.05, 3.63) is 29.8 Å². The average molecular weight is 325 g/mol. The van der Waals surface area contributed by atoms with Crippen LogP contribution in [0.1, 0.15) is 42.5 Å². The van der Waals surface area contributed by atoms with Gasteiger partial charge in [-0.25, -0.2) is 8.42 Å². The van der Waals surface area contributed by atoms with Gasteiger partial charge in [0.05, 0.1) is 16.9 Å². The zero-order valence-electron chi connectivity index (χ0n) is 12.3. The molecule has 0 heterocycles. The highest BCUT2D eigenvalue weighted by molar-refractivity contribution is 7.90. The van der Waals surface area contributed by atoms with Gasteiger partial charge >= 0.3 is 5.97 Å². The van der Waals surface area contributed by atoms with Gasteiger partial charge in [-0.15, -0.1) is 0 Å². The largest absolute Gasteiger partial charge is 0.481 e. The quantitative estimate of drug-likeness (QED) is 0.856. The highest BCUT2D eigenvalue weighted by atomic mass is 32.2. The van der Waals surface area contributed by atoms with E-state index in [0.717, 1.165) is 19.1 Å². The Balaban J connectivity index is 2.15. The van der Waals surface area contributed by atoms with Gasteiger partial charge in [-0.2, -0.15) is 0 Å². The lowest BCUT2D eigenvalue weighted by atomic mass is 9.92. The molecule has 120 valence electrons. The van der Waals surface area contributed by atoms with E-state index < -0.39 is 21.3 Å². The Kier molecular flexibility index (Phi) is 4.55. The van der Waals surface area contributed by atoms with Crippen LogP contribution in [0.3, 0.4) is 0 Å². The average Bonchev–Trinajstić information content (AvgIpc) is 2.85. The number of carbonyl (C=O) groups excluding carboxylic acids is 1. The van der Waals surface area contributed by atoms with Crippen molar-refractivity contribution in [2.75, 3.05) is 6.26 Å². The van der Waals surface area contributed by atoms with Crippen LogP contribution in [0.25, 0.3) is 0 Å². The molecule has 1 aliphatic rings. The predicted molar refractivity (Wildman–Crippen MR) is 80.5 cm³/mol. The van der Waals surface area contributed by atoms with Crippen molar-refractivity contribution in [3.63, 3.8) is 0 Å². The second kappa shape index (κ2) is 6.08. The fourth-order valence-electron chi connectivity index (χ4n) is 2.85. The van der Waals surface area contributed by atoms with Crippen LogP contribution in [0.4, 0.5) is 0 Å². The van der Waals surface area contributed by atoms with Crippen LogP contribution in [0.2, 0.25) is 0 Å². The Labute approximate surface area is 129 Å². The SMILES string of the molecule is CS(=O)(=O)c1ccc(C(=O)NC2(CC(=O)O)CCCC2)cc1. The van der Waals surface area contributed by atoms with Gasteiger partial charge in [-0.3, -0.25) is 9.59 Å². The van der Waals surface area contributed by atoms with E-state index in [-0.39, 0.29) is 17.2 Å². The number of amides is 1. The van der Waals surface area contributed by atoms with Gasteiger partial charge in [0.1, 0.15) is 0 Å². The summed E-state index contributed by atoms with van der Waals surface area (Å²) < 4.78 is 22.8. The summed E-state index contributed by atoms with van der Waals surface area (Å²) in [6.45, 7) is 0.